The van der Waals surface area contributed by atoms with Crippen LogP contribution in [0.15, 0.2) is 36.4 Å². The van der Waals surface area contributed by atoms with Gasteiger partial charge in [0.25, 0.3) is 0 Å². The summed E-state index contributed by atoms with van der Waals surface area (Å²) < 4.78 is 50.5. The van der Waals surface area contributed by atoms with E-state index in [4.69, 9.17) is 0 Å². The molecule has 2 aromatic carbocycles. The van der Waals surface area contributed by atoms with Crippen molar-refractivity contribution in [3.8, 4) is 11.5 Å². The molecule has 1 aromatic heterocycles. The highest BCUT2D eigenvalue weighted by molar-refractivity contribution is 5.95. The first kappa shape index (κ1) is 21.8. The highest BCUT2D eigenvalue weighted by atomic mass is 19.3. The molecule has 174 valence electrons. The standard InChI is InChI=1S/C25H24F3NO4/c1-23(2,7-8-30)21-10-15-9-14(17(26)13-18(15)29-21)11-22(31)24(5-6-24)16-3-4-19-20(12-16)33-25(27,28)32-19/h3-4,9-10,12-13,29-30H,5-8,11H2,1-2H3. The Morgan fingerprint density at radius 1 is 1.12 bits per heavy atom. The molecule has 0 unspecified atom stereocenters. The fourth-order valence-electron chi connectivity index (χ4n) is 4.56. The maximum Gasteiger partial charge on any atom is 0.586 e. The Morgan fingerprint density at radius 3 is 2.55 bits per heavy atom. The molecule has 0 saturated heterocycles. The van der Waals surface area contributed by atoms with E-state index in [1.54, 1.807) is 12.1 Å². The molecule has 3 aromatic rings. The van der Waals surface area contributed by atoms with Crippen LogP contribution in [0.4, 0.5) is 13.2 Å². The molecule has 2 heterocycles. The van der Waals surface area contributed by atoms with Gasteiger partial charge in [0.15, 0.2) is 11.5 Å². The lowest BCUT2D eigenvalue weighted by molar-refractivity contribution is -0.286. The van der Waals surface area contributed by atoms with Crippen LogP contribution in [-0.2, 0) is 22.0 Å². The van der Waals surface area contributed by atoms with Crippen molar-refractivity contribution in [2.24, 2.45) is 0 Å². The second-order valence-electron chi connectivity index (χ2n) is 9.58. The van der Waals surface area contributed by atoms with E-state index in [-0.39, 0.29) is 41.3 Å². The van der Waals surface area contributed by atoms with E-state index >= 15 is 0 Å². The predicted molar refractivity (Wildman–Crippen MR) is 115 cm³/mol. The third kappa shape index (κ3) is 3.76. The van der Waals surface area contributed by atoms with E-state index in [1.807, 2.05) is 19.9 Å². The number of ketones is 1. The molecule has 2 N–H and O–H groups in total. The molecule has 8 heteroatoms. The van der Waals surface area contributed by atoms with Crippen molar-refractivity contribution in [3.63, 3.8) is 0 Å². The Labute approximate surface area is 188 Å². The van der Waals surface area contributed by atoms with Gasteiger partial charge in [0.05, 0.1) is 5.41 Å². The highest BCUT2D eigenvalue weighted by Gasteiger charge is 2.52. The van der Waals surface area contributed by atoms with Gasteiger partial charge in [-0.3, -0.25) is 4.79 Å². The summed E-state index contributed by atoms with van der Waals surface area (Å²) in [7, 11) is 0. The number of fused-ring (bicyclic) bond motifs is 2. The molecule has 5 rings (SSSR count). The summed E-state index contributed by atoms with van der Waals surface area (Å²) in [5.74, 6) is -0.821. The molecule has 5 nitrogen and oxygen atoms in total. The van der Waals surface area contributed by atoms with Crippen LogP contribution in [0.2, 0.25) is 0 Å². The number of aliphatic hydroxyl groups excluding tert-OH is 1. The number of H-pyrrole nitrogens is 1. The fraction of sp³-hybridized carbons (Fsp3) is 0.400. The summed E-state index contributed by atoms with van der Waals surface area (Å²) in [5.41, 5.74) is 1.23. The first-order valence-electron chi connectivity index (χ1n) is 10.9. The molecule has 0 atom stereocenters. The summed E-state index contributed by atoms with van der Waals surface area (Å²) in [6, 6.07) is 9.37. The lowest BCUT2D eigenvalue weighted by atomic mass is 9.86. The van der Waals surface area contributed by atoms with E-state index in [0.717, 1.165) is 11.1 Å². The van der Waals surface area contributed by atoms with Gasteiger partial charge >= 0.3 is 6.29 Å². The maximum atomic E-state index is 14.9. The van der Waals surface area contributed by atoms with Crippen LogP contribution in [0.5, 0.6) is 11.5 Å². The minimum absolute atomic E-state index is 0.0378. The van der Waals surface area contributed by atoms with Crippen molar-refractivity contribution in [1.29, 1.82) is 0 Å². The Kier molecular flexibility index (Phi) is 4.79. The Bertz CT molecular complexity index is 1260. The van der Waals surface area contributed by atoms with Crippen molar-refractivity contribution >= 4 is 16.7 Å². The molecule has 0 amide bonds. The zero-order valence-electron chi connectivity index (χ0n) is 18.3. The second kappa shape index (κ2) is 7.25. The smallest absolute Gasteiger partial charge is 0.396 e. The van der Waals surface area contributed by atoms with Crippen LogP contribution in [0.1, 0.15) is 49.9 Å². The number of ether oxygens (including phenoxy) is 2. The van der Waals surface area contributed by atoms with Gasteiger partial charge in [-0.2, -0.15) is 0 Å². The van der Waals surface area contributed by atoms with Crippen LogP contribution >= 0.6 is 0 Å². The summed E-state index contributed by atoms with van der Waals surface area (Å²) in [6.07, 6.45) is -2.14. The first-order valence-corrected chi connectivity index (χ1v) is 10.9. The van der Waals surface area contributed by atoms with Crippen molar-refractivity contribution < 1.29 is 32.5 Å². The van der Waals surface area contributed by atoms with E-state index in [2.05, 4.69) is 14.5 Å². The average Bonchev–Trinajstić information content (AvgIpc) is 3.34. The minimum atomic E-state index is -3.72. The molecular weight excluding hydrogens is 435 g/mol. The number of benzene rings is 2. The van der Waals surface area contributed by atoms with E-state index in [0.29, 0.717) is 30.3 Å². The number of hydrogen-bond acceptors (Lipinski definition) is 4. The van der Waals surface area contributed by atoms with Crippen LogP contribution in [0.3, 0.4) is 0 Å². The normalized spacial score (nSPS) is 18.0. The molecule has 1 aliphatic heterocycles. The molecule has 1 saturated carbocycles. The number of carbonyl (C=O) groups excluding carboxylic acids is 1. The van der Waals surface area contributed by atoms with E-state index in [1.165, 1.54) is 18.2 Å². The number of Topliss-reactive ketones (excluding diaryl/α,β-unsaturated/α-hetero) is 1. The number of alkyl halides is 2. The minimum Gasteiger partial charge on any atom is -0.396 e. The SMILES string of the molecule is CC(C)(CCO)c1cc2cc(CC(=O)C3(c4ccc5c(c4)OC(F)(F)O5)CC3)c(F)cc2[nH]1. The van der Waals surface area contributed by atoms with Gasteiger partial charge in [-0.25, -0.2) is 4.39 Å². The Hall–Kier alpha value is -3.00. The van der Waals surface area contributed by atoms with Crippen LogP contribution < -0.4 is 9.47 Å². The lowest BCUT2D eigenvalue weighted by Crippen LogP contribution is -2.26. The number of rotatable bonds is 7. The van der Waals surface area contributed by atoms with Crippen molar-refractivity contribution in [2.45, 2.75) is 56.7 Å². The summed E-state index contributed by atoms with van der Waals surface area (Å²) in [6.45, 7) is 4.02. The van der Waals surface area contributed by atoms with Crippen molar-refractivity contribution in [3.05, 3.63) is 59.0 Å². The van der Waals surface area contributed by atoms with Gasteiger partial charge in [-0.1, -0.05) is 19.9 Å². The third-order valence-corrected chi connectivity index (χ3v) is 6.84. The average molecular weight is 459 g/mol. The largest absolute Gasteiger partial charge is 0.586 e. The van der Waals surface area contributed by atoms with Gasteiger partial charge < -0.3 is 19.6 Å². The van der Waals surface area contributed by atoms with Gasteiger partial charge in [-0.15, -0.1) is 8.78 Å². The van der Waals surface area contributed by atoms with Crippen LogP contribution in [0, 0.1) is 5.82 Å². The number of nitrogens with one attached hydrogen (secondary N) is 1. The molecule has 1 aliphatic carbocycles. The summed E-state index contributed by atoms with van der Waals surface area (Å²) in [4.78, 5) is 16.5. The monoisotopic (exact) mass is 459 g/mol. The predicted octanol–water partition coefficient (Wildman–Crippen LogP) is 5.13. The van der Waals surface area contributed by atoms with Crippen molar-refractivity contribution in [1.82, 2.24) is 4.98 Å². The molecule has 0 spiro atoms. The zero-order chi connectivity index (χ0) is 23.6. The third-order valence-electron chi connectivity index (χ3n) is 6.84. The topological polar surface area (TPSA) is 71.6 Å². The number of aliphatic hydroxyl groups is 1. The highest BCUT2D eigenvalue weighted by Crippen LogP contribution is 2.52. The van der Waals surface area contributed by atoms with Crippen LogP contribution in [0.25, 0.3) is 10.9 Å². The number of hydrogen-bond donors (Lipinski definition) is 2. The van der Waals surface area contributed by atoms with E-state index < -0.39 is 17.5 Å². The molecule has 0 radical (unpaired) electrons. The summed E-state index contributed by atoms with van der Waals surface area (Å²) in [5, 5.41) is 10.1. The molecule has 33 heavy (non-hydrogen) atoms. The number of aromatic amines is 1. The number of carbonyl (C=O) groups is 1. The van der Waals surface area contributed by atoms with Gasteiger partial charge in [-0.05, 0) is 60.7 Å². The fourth-order valence-corrected chi connectivity index (χ4v) is 4.56. The number of aromatic nitrogens is 1. The lowest BCUT2D eigenvalue weighted by Gasteiger charge is -2.21. The molecular formula is C25H24F3NO4. The van der Waals surface area contributed by atoms with Gasteiger partial charge in [0.2, 0.25) is 0 Å². The molecule has 1 fully saturated rings. The molecule has 0 bridgehead atoms. The first-order chi connectivity index (χ1) is 15.5. The Morgan fingerprint density at radius 2 is 1.85 bits per heavy atom. The van der Waals surface area contributed by atoms with E-state index in [9.17, 15) is 23.1 Å². The maximum absolute atomic E-state index is 14.9. The quantitative estimate of drug-likeness (QED) is 0.514. The molecule has 2 aliphatic rings. The number of halogens is 3. The van der Waals surface area contributed by atoms with Crippen LogP contribution in [-0.4, -0.2) is 28.8 Å². The Balaban J connectivity index is 1.41. The second-order valence-corrected chi connectivity index (χ2v) is 9.58. The summed E-state index contributed by atoms with van der Waals surface area (Å²) >= 11 is 0. The zero-order valence-corrected chi connectivity index (χ0v) is 18.3. The van der Waals surface area contributed by atoms with Gasteiger partial charge in [0, 0.05) is 35.0 Å². The van der Waals surface area contributed by atoms with Gasteiger partial charge in [0.1, 0.15) is 11.6 Å². The van der Waals surface area contributed by atoms with Crippen molar-refractivity contribution in [2.75, 3.05) is 6.61 Å².